The van der Waals surface area contributed by atoms with Crippen LogP contribution in [0.1, 0.15) is 5.56 Å². The van der Waals surface area contributed by atoms with Crippen LogP contribution in [0.5, 0.6) is 11.8 Å². The number of rotatable bonds is 7. The lowest BCUT2D eigenvalue weighted by molar-refractivity contribution is -0.389. The molecule has 11 heteroatoms. The fourth-order valence-corrected chi connectivity index (χ4v) is 3.02. The van der Waals surface area contributed by atoms with Crippen LogP contribution in [0.4, 0.5) is 14.6 Å². The van der Waals surface area contributed by atoms with Gasteiger partial charge in [0.15, 0.2) is 0 Å². The largest absolute Gasteiger partial charge is 0.443 e. The number of halogens is 2. The molecule has 0 saturated carbocycles. The van der Waals surface area contributed by atoms with Crippen LogP contribution in [0.25, 0.3) is 11.3 Å². The van der Waals surface area contributed by atoms with Crippen molar-refractivity contribution in [3.8, 4) is 23.0 Å². The van der Waals surface area contributed by atoms with Crippen molar-refractivity contribution < 1.29 is 27.9 Å². The van der Waals surface area contributed by atoms with Gasteiger partial charge in [0.1, 0.15) is 24.7 Å². The van der Waals surface area contributed by atoms with Crippen LogP contribution >= 0.6 is 0 Å². The van der Waals surface area contributed by atoms with E-state index in [2.05, 4.69) is 14.7 Å². The summed E-state index contributed by atoms with van der Waals surface area (Å²) in [5.74, 6) is -0.277. The molecule has 30 heavy (non-hydrogen) atoms. The molecule has 0 unspecified atom stereocenters. The Morgan fingerprint density at radius 3 is 2.93 bits per heavy atom. The number of fused-ring (bicyclic) bond motifs is 1. The van der Waals surface area contributed by atoms with Gasteiger partial charge >= 0.3 is 18.4 Å². The number of ether oxygens (including phenoxy) is 3. The number of alkyl halides is 2. The zero-order valence-electron chi connectivity index (χ0n) is 15.5. The van der Waals surface area contributed by atoms with Crippen molar-refractivity contribution in [2.75, 3.05) is 6.61 Å². The molecule has 0 saturated heterocycles. The molecule has 0 bridgehead atoms. The average molecular weight is 418 g/mol. The minimum atomic E-state index is -2.90. The third kappa shape index (κ3) is 4.51. The lowest BCUT2D eigenvalue weighted by Crippen LogP contribution is -2.32. The van der Waals surface area contributed by atoms with Gasteiger partial charge in [-0.15, -0.1) is 0 Å². The highest BCUT2D eigenvalue weighted by Gasteiger charge is 2.28. The first-order chi connectivity index (χ1) is 14.5. The second-order valence-electron chi connectivity index (χ2n) is 6.49. The van der Waals surface area contributed by atoms with E-state index in [1.165, 1.54) is 18.5 Å². The number of nitro groups is 1. The predicted molar refractivity (Wildman–Crippen MR) is 99.3 cm³/mol. The molecule has 1 atom stereocenters. The van der Waals surface area contributed by atoms with Crippen LogP contribution in [0, 0.1) is 10.1 Å². The summed E-state index contributed by atoms with van der Waals surface area (Å²) in [4.78, 5) is 18.2. The molecule has 2 aromatic heterocycles. The molecular formula is C19H16F2N4O5. The second kappa shape index (κ2) is 8.41. The minimum absolute atomic E-state index is 0.00959. The molecule has 0 N–H and O–H groups in total. The number of hydrogen-bond donors (Lipinski definition) is 0. The minimum Gasteiger partial charge on any atom is -0.443 e. The Labute approximate surface area is 169 Å². The molecule has 0 amide bonds. The van der Waals surface area contributed by atoms with Crippen LogP contribution in [0.2, 0.25) is 0 Å². The SMILES string of the molecule is O=[N+]([O-])c1cn2c(n1)OC[C@@H](OCc1cccc(-c3ccc(OC(F)F)cn3)c1)C2. The lowest BCUT2D eigenvalue weighted by Gasteiger charge is -2.22. The number of imidazole rings is 1. The van der Waals surface area contributed by atoms with Gasteiger partial charge in [0.25, 0.3) is 0 Å². The topological polar surface area (TPSA) is 102 Å². The number of hydrogen-bond acceptors (Lipinski definition) is 7. The molecule has 9 nitrogen and oxygen atoms in total. The van der Waals surface area contributed by atoms with E-state index >= 15 is 0 Å². The van der Waals surface area contributed by atoms with Crippen molar-refractivity contribution in [1.82, 2.24) is 14.5 Å². The third-order valence-corrected chi connectivity index (χ3v) is 4.38. The molecule has 1 aromatic carbocycles. The van der Waals surface area contributed by atoms with E-state index in [9.17, 15) is 18.9 Å². The number of pyridine rings is 1. The Bertz CT molecular complexity index is 1040. The van der Waals surface area contributed by atoms with Crippen molar-refractivity contribution in [2.45, 2.75) is 25.9 Å². The maximum atomic E-state index is 12.2. The predicted octanol–water partition coefficient (Wildman–Crippen LogP) is 3.43. The smallest absolute Gasteiger partial charge is 0.414 e. The zero-order chi connectivity index (χ0) is 21.1. The van der Waals surface area contributed by atoms with Gasteiger partial charge in [-0.1, -0.05) is 18.2 Å². The standard InChI is InChI=1S/C19H16F2N4O5/c20-18(21)30-14-4-5-16(22-7-14)13-3-1-2-12(6-13)10-28-15-8-24-9-17(25(26)27)23-19(24)29-11-15/h1-7,9,15,18H,8,10-11H2/t15-/m0/s1. The Morgan fingerprint density at radius 1 is 1.33 bits per heavy atom. The van der Waals surface area contributed by atoms with Gasteiger partial charge in [-0.05, 0) is 28.7 Å². The summed E-state index contributed by atoms with van der Waals surface area (Å²) < 4.78 is 41.7. The average Bonchev–Trinajstić information content (AvgIpc) is 3.16. The fraction of sp³-hybridized carbons (Fsp3) is 0.263. The van der Waals surface area contributed by atoms with Crippen molar-refractivity contribution in [3.05, 3.63) is 64.5 Å². The van der Waals surface area contributed by atoms with E-state index in [4.69, 9.17) is 9.47 Å². The van der Waals surface area contributed by atoms with Gasteiger partial charge in [-0.25, -0.2) is 0 Å². The molecule has 3 heterocycles. The van der Waals surface area contributed by atoms with Crippen LogP contribution in [-0.4, -0.2) is 38.8 Å². The van der Waals surface area contributed by atoms with Gasteiger partial charge in [0.05, 0.1) is 25.0 Å². The van der Waals surface area contributed by atoms with E-state index in [-0.39, 0.29) is 30.3 Å². The first kappa shape index (κ1) is 19.7. The van der Waals surface area contributed by atoms with Gasteiger partial charge < -0.3 is 24.3 Å². The molecule has 0 fully saturated rings. The summed E-state index contributed by atoms with van der Waals surface area (Å²) in [6, 6.07) is 10.7. The van der Waals surface area contributed by atoms with Crippen LogP contribution in [0.3, 0.4) is 0 Å². The Hall–Kier alpha value is -3.60. The quantitative estimate of drug-likeness (QED) is 0.428. The zero-order valence-corrected chi connectivity index (χ0v) is 15.5. The maximum Gasteiger partial charge on any atom is 0.414 e. The van der Waals surface area contributed by atoms with Crippen LogP contribution in [0.15, 0.2) is 48.8 Å². The molecule has 0 spiro atoms. The summed E-state index contributed by atoms with van der Waals surface area (Å²) in [6.07, 6.45) is 2.27. The lowest BCUT2D eigenvalue weighted by atomic mass is 10.1. The first-order valence-electron chi connectivity index (χ1n) is 8.94. The van der Waals surface area contributed by atoms with Crippen molar-refractivity contribution in [3.63, 3.8) is 0 Å². The second-order valence-corrected chi connectivity index (χ2v) is 6.49. The highest BCUT2D eigenvalue weighted by Crippen LogP contribution is 2.24. The van der Waals surface area contributed by atoms with E-state index in [1.54, 1.807) is 10.6 Å². The summed E-state index contributed by atoms with van der Waals surface area (Å²) in [6.45, 7) is -1.98. The van der Waals surface area contributed by atoms with Crippen molar-refractivity contribution in [2.24, 2.45) is 0 Å². The molecule has 0 radical (unpaired) electrons. The highest BCUT2D eigenvalue weighted by atomic mass is 19.3. The maximum absolute atomic E-state index is 12.2. The normalized spacial score (nSPS) is 15.5. The Balaban J connectivity index is 1.38. The molecule has 3 aromatic rings. The van der Waals surface area contributed by atoms with Crippen LogP contribution < -0.4 is 9.47 Å². The summed E-state index contributed by atoms with van der Waals surface area (Å²) in [7, 11) is 0. The monoisotopic (exact) mass is 418 g/mol. The summed E-state index contributed by atoms with van der Waals surface area (Å²) in [5, 5.41) is 10.8. The fourth-order valence-electron chi connectivity index (χ4n) is 3.02. The molecule has 4 rings (SSSR count). The third-order valence-electron chi connectivity index (χ3n) is 4.38. The molecule has 1 aliphatic rings. The molecule has 0 aliphatic carbocycles. The van der Waals surface area contributed by atoms with E-state index in [1.807, 2.05) is 24.3 Å². The molecular weight excluding hydrogens is 402 g/mol. The summed E-state index contributed by atoms with van der Waals surface area (Å²) in [5.41, 5.74) is 2.28. The van der Waals surface area contributed by atoms with Crippen molar-refractivity contribution in [1.29, 1.82) is 0 Å². The number of aromatic nitrogens is 3. The summed E-state index contributed by atoms with van der Waals surface area (Å²) >= 11 is 0. The Morgan fingerprint density at radius 2 is 2.20 bits per heavy atom. The van der Waals surface area contributed by atoms with Crippen LogP contribution in [-0.2, 0) is 17.9 Å². The number of benzene rings is 1. The Kier molecular flexibility index (Phi) is 5.53. The molecule has 1 aliphatic heterocycles. The van der Waals surface area contributed by atoms with Gasteiger partial charge in [0, 0.05) is 10.5 Å². The van der Waals surface area contributed by atoms with Gasteiger partial charge in [0.2, 0.25) is 0 Å². The van der Waals surface area contributed by atoms with Gasteiger partial charge in [-0.2, -0.15) is 8.78 Å². The van der Waals surface area contributed by atoms with E-state index < -0.39 is 11.5 Å². The van der Waals surface area contributed by atoms with Gasteiger partial charge in [-0.3, -0.25) is 9.55 Å². The van der Waals surface area contributed by atoms with E-state index in [0.717, 1.165) is 11.1 Å². The number of nitrogens with zero attached hydrogens (tertiary/aromatic N) is 4. The first-order valence-corrected chi connectivity index (χ1v) is 8.94. The molecule has 156 valence electrons. The van der Waals surface area contributed by atoms with Crippen molar-refractivity contribution >= 4 is 5.82 Å². The van der Waals surface area contributed by atoms with E-state index in [0.29, 0.717) is 18.8 Å². The highest BCUT2D eigenvalue weighted by molar-refractivity contribution is 5.60.